The van der Waals surface area contributed by atoms with Crippen LogP contribution in [0.2, 0.25) is 0 Å². The zero-order chi connectivity index (χ0) is 20.0. The fraction of sp³-hybridized carbons (Fsp3) is 0.227. The maximum Gasteiger partial charge on any atom is 0.244 e. The molecule has 2 rings (SSSR count). The lowest BCUT2D eigenvalue weighted by molar-refractivity contribution is -0.118. The molecule has 1 atom stereocenters. The van der Waals surface area contributed by atoms with E-state index in [1.165, 1.54) is 10.4 Å². The van der Waals surface area contributed by atoms with E-state index in [1.807, 2.05) is 37.3 Å². The van der Waals surface area contributed by atoms with Crippen LogP contribution in [0.1, 0.15) is 18.1 Å². The topological polar surface area (TPSA) is 54.5 Å². The van der Waals surface area contributed by atoms with E-state index in [0.29, 0.717) is 5.57 Å². The molecule has 1 unspecified atom stereocenters. The molecule has 0 N–H and O–H groups in total. The number of sulfonamides is 1. The molecule has 5 heteroatoms. The number of ketones is 1. The monoisotopic (exact) mass is 383 g/mol. The average Bonchev–Trinajstić information content (AvgIpc) is 2.65. The molecule has 0 aromatic heterocycles. The number of nitrogens with zero attached hydrogens (tertiary/aromatic N) is 1. The second-order valence-corrected chi connectivity index (χ2v) is 8.42. The van der Waals surface area contributed by atoms with Gasteiger partial charge in [0.15, 0.2) is 5.78 Å². The van der Waals surface area contributed by atoms with E-state index in [2.05, 4.69) is 13.2 Å². The molecule has 0 aliphatic rings. The van der Waals surface area contributed by atoms with Crippen molar-refractivity contribution in [3.05, 3.63) is 90.5 Å². The molecule has 0 bridgehead atoms. The summed E-state index contributed by atoms with van der Waals surface area (Å²) in [6, 6.07) is 15.1. The Hall–Kier alpha value is -2.50. The molecule has 142 valence electrons. The van der Waals surface area contributed by atoms with Crippen LogP contribution < -0.4 is 0 Å². The van der Waals surface area contributed by atoms with Crippen molar-refractivity contribution in [1.82, 2.24) is 4.31 Å². The lowest BCUT2D eigenvalue weighted by Gasteiger charge is -2.29. The molecule has 0 saturated heterocycles. The number of rotatable bonds is 9. The Morgan fingerprint density at radius 1 is 1.11 bits per heavy atom. The largest absolute Gasteiger partial charge is 0.293 e. The number of hydrogen-bond donors (Lipinski definition) is 0. The van der Waals surface area contributed by atoms with E-state index in [4.69, 9.17) is 0 Å². The van der Waals surface area contributed by atoms with E-state index < -0.39 is 16.1 Å². The number of benzene rings is 2. The molecule has 0 heterocycles. The lowest BCUT2D eigenvalue weighted by Crippen LogP contribution is -2.46. The van der Waals surface area contributed by atoms with Gasteiger partial charge >= 0.3 is 0 Å². The van der Waals surface area contributed by atoms with Crippen LogP contribution in [0.25, 0.3) is 0 Å². The Morgan fingerprint density at radius 2 is 1.70 bits per heavy atom. The number of carbonyl (C=O) groups is 1. The quantitative estimate of drug-likeness (QED) is 0.487. The van der Waals surface area contributed by atoms with E-state index in [0.717, 1.165) is 11.1 Å². The van der Waals surface area contributed by atoms with Crippen molar-refractivity contribution in [2.24, 2.45) is 0 Å². The van der Waals surface area contributed by atoms with Crippen LogP contribution >= 0.6 is 0 Å². The molecular formula is C22H25NO3S. The van der Waals surface area contributed by atoms with Gasteiger partial charge in [0.05, 0.1) is 10.9 Å². The van der Waals surface area contributed by atoms with E-state index in [-0.39, 0.29) is 23.6 Å². The molecule has 2 aromatic rings. The van der Waals surface area contributed by atoms with Crippen molar-refractivity contribution in [2.45, 2.75) is 31.2 Å². The van der Waals surface area contributed by atoms with Gasteiger partial charge in [-0.2, -0.15) is 4.31 Å². The minimum atomic E-state index is -3.88. The van der Waals surface area contributed by atoms with Crippen molar-refractivity contribution in [3.63, 3.8) is 0 Å². The highest BCUT2D eigenvalue weighted by atomic mass is 32.2. The number of aryl methyl sites for hydroxylation is 1. The second-order valence-electron chi connectivity index (χ2n) is 6.53. The first-order chi connectivity index (χ1) is 12.8. The van der Waals surface area contributed by atoms with Crippen LogP contribution in [0.15, 0.2) is 84.3 Å². The Balaban J connectivity index is 2.52. The van der Waals surface area contributed by atoms with E-state index in [9.17, 15) is 13.2 Å². The Bertz CT molecular complexity index is 916. The summed E-state index contributed by atoms with van der Waals surface area (Å²) in [5.41, 5.74) is 2.16. The molecule has 0 saturated carbocycles. The molecular weight excluding hydrogens is 358 g/mol. The number of hydrogen-bond acceptors (Lipinski definition) is 3. The van der Waals surface area contributed by atoms with Crippen molar-refractivity contribution in [1.29, 1.82) is 0 Å². The van der Waals surface area contributed by atoms with Gasteiger partial charge in [0.1, 0.15) is 0 Å². The summed E-state index contributed by atoms with van der Waals surface area (Å²) in [7, 11) is -3.88. The van der Waals surface area contributed by atoms with Crippen LogP contribution in [0, 0.1) is 6.92 Å². The fourth-order valence-electron chi connectivity index (χ4n) is 2.81. The van der Waals surface area contributed by atoms with Crippen LogP contribution in [0.3, 0.4) is 0 Å². The fourth-order valence-corrected chi connectivity index (χ4v) is 4.37. The van der Waals surface area contributed by atoms with Crippen molar-refractivity contribution in [2.75, 3.05) is 6.54 Å². The predicted molar refractivity (Wildman–Crippen MR) is 109 cm³/mol. The third kappa shape index (κ3) is 5.02. The van der Waals surface area contributed by atoms with Gasteiger partial charge in [0, 0.05) is 6.54 Å². The van der Waals surface area contributed by atoms with Gasteiger partial charge in [-0.3, -0.25) is 4.79 Å². The van der Waals surface area contributed by atoms with Gasteiger partial charge in [0.2, 0.25) is 10.0 Å². The predicted octanol–water partition coefficient (Wildman–Crippen LogP) is 3.93. The smallest absolute Gasteiger partial charge is 0.244 e. The highest BCUT2D eigenvalue weighted by Crippen LogP contribution is 2.23. The summed E-state index contributed by atoms with van der Waals surface area (Å²) in [6.07, 6.45) is 1.76. The molecule has 27 heavy (non-hydrogen) atoms. The normalized spacial score (nSPS) is 12.6. The maximum absolute atomic E-state index is 13.3. The standard InChI is InChI=1S/C22H25NO3S/c1-5-15-23(27(25,26)20-13-11-18(4)12-14-20)21(22(24)17(2)3)16-19-9-7-6-8-10-19/h5-14,21H,1-2,15-16H2,3-4H3. The van der Waals surface area contributed by atoms with Gasteiger partial charge in [-0.1, -0.05) is 60.7 Å². The molecule has 0 radical (unpaired) electrons. The summed E-state index contributed by atoms with van der Waals surface area (Å²) in [6.45, 7) is 10.9. The maximum atomic E-state index is 13.3. The van der Waals surface area contributed by atoms with E-state index >= 15 is 0 Å². The number of carbonyl (C=O) groups excluding carboxylic acids is 1. The molecule has 0 aliphatic carbocycles. The van der Waals surface area contributed by atoms with Gasteiger partial charge in [-0.05, 0) is 43.5 Å². The van der Waals surface area contributed by atoms with Crippen LogP contribution in [0.4, 0.5) is 0 Å². The molecule has 0 spiro atoms. The lowest BCUT2D eigenvalue weighted by atomic mass is 9.99. The molecule has 0 amide bonds. The van der Waals surface area contributed by atoms with Gasteiger partial charge < -0.3 is 0 Å². The summed E-state index contributed by atoms with van der Waals surface area (Å²) >= 11 is 0. The minimum Gasteiger partial charge on any atom is -0.293 e. The van der Waals surface area contributed by atoms with Gasteiger partial charge in [-0.15, -0.1) is 6.58 Å². The Labute approximate surface area is 161 Å². The molecule has 0 aliphatic heterocycles. The minimum absolute atomic E-state index is 0.0345. The summed E-state index contributed by atoms with van der Waals surface area (Å²) < 4.78 is 27.8. The van der Waals surface area contributed by atoms with Crippen molar-refractivity contribution in [3.8, 4) is 0 Å². The Morgan fingerprint density at radius 3 is 2.22 bits per heavy atom. The van der Waals surface area contributed by atoms with Gasteiger partial charge in [0.25, 0.3) is 0 Å². The van der Waals surface area contributed by atoms with Crippen molar-refractivity contribution < 1.29 is 13.2 Å². The second kappa shape index (κ2) is 8.93. The summed E-state index contributed by atoms with van der Waals surface area (Å²) in [4.78, 5) is 13.0. The number of Topliss-reactive ketones (excluding diaryl/α,β-unsaturated/α-hetero) is 1. The average molecular weight is 384 g/mol. The summed E-state index contributed by atoms with van der Waals surface area (Å²) in [5.74, 6) is -0.295. The van der Waals surface area contributed by atoms with Crippen LogP contribution in [-0.4, -0.2) is 31.1 Å². The SMILES string of the molecule is C=CCN(C(Cc1ccccc1)C(=O)C(=C)C)S(=O)(=O)c1ccc(C)cc1. The first-order valence-corrected chi connectivity index (χ1v) is 10.1. The van der Waals surface area contributed by atoms with Crippen molar-refractivity contribution >= 4 is 15.8 Å². The molecule has 0 fully saturated rings. The van der Waals surface area contributed by atoms with E-state index in [1.54, 1.807) is 31.2 Å². The zero-order valence-electron chi connectivity index (χ0n) is 15.8. The molecule has 2 aromatic carbocycles. The highest BCUT2D eigenvalue weighted by Gasteiger charge is 2.35. The third-order valence-electron chi connectivity index (χ3n) is 4.28. The first-order valence-electron chi connectivity index (χ1n) is 8.70. The molecule has 4 nitrogen and oxygen atoms in total. The van der Waals surface area contributed by atoms with Gasteiger partial charge in [-0.25, -0.2) is 8.42 Å². The summed E-state index contributed by atoms with van der Waals surface area (Å²) in [5, 5.41) is 0. The highest BCUT2D eigenvalue weighted by molar-refractivity contribution is 7.89. The van der Waals surface area contributed by atoms with Crippen LogP contribution in [-0.2, 0) is 21.2 Å². The zero-order valence-corrected chi connectivity index (χ0v) is 16.6. The first kappa shape index (κ1) is 20.8. The Kier molecular flexibility index (Phi) is 6.88. The third-order valence-corrected chi connectivity index (χ3v) is 6.17. The van der Waals surface area contributed by atoms with Crippen LogP contribution in [0.5, 0.6) is 0 Å².